The molecule has 1 aromatic heterocycles. The van der Waals surface area contributed by atoms with Gasteiger partial charge in [0.05, 0.1) is 5.92 Å². The molecule has 4 nitrogen and oxygen atoms in total. The summed E-state index contributed by atoms with van der Waals surface area (Å²) in [4.78, 5) is 20.0. The van der Waals surface area contributed by atoms with E-state index in [4.69, 9.17) is 0 Å². The highest BCUT2D eigenvalue weighted by molar-refractivity contribution is 9.10. The van der Waals surface area contributed by atoms with Crippen LogP contribution in [-0.2, 0) is 4.79 Å². The number of carbonyl (C=O) groups excluding carboxylic acids is 1. The van der Waals surface area contributed by atoms with Crippen LogP contribution >= 0.6 is 15.9 Å². The largest absolute Gasteiger partial charge is 0.356 e. The number of hydrogen-bond donors (Lipinski definition) is 0. The fourth-order valence-electron chi connectivity index (χ4n) is 2.09. The number of nitrogens with zero attached hydrogens (tertiary/aromatic N) is 3. The Labute approximate surface area is 110 Å². The molecule has 0 spiro atoms. The summed E-state index contributed by atoms with van der Waals surface area (Å²) >= 11 is 3.37. The van der Waals surface area contributed by atoms with E-state index in [-0.39, 0.29) is 11.8 Å². The lowest BCUT2D eigenvalue weighted by atomic mass is 10.1. The van der Waals surface area contributed by atoms with E-state index in [1.165, 1.54) is 0 Å². The van der Waals surface area contributed by atoms with Gasteiger partial charge in [0.2, 0.25) is 5.91 Å². The van der Waals surface area contributed by atoms with Gasteiger partial charge in [-0.25, -0.2) is 4.98 Å². The Bertz CT molecular complexity index is 405. The molecule has 1 amide bonds. The smallest absolute Gasteiger partial charge is 0.227 e. The minimum absolute atomic E-state index is 0.107. The van der Waals surface area contributed by atoms with E-state index in [9.17, 15) is 4.79 Å². The maximum atomic E-state index is 11.8. The van der Waals surface area contributed by atoms with Crippen LogP contribution in [-0.4, -0.2) is 43.0 Å². The minimum atomic E-state index is 0.107. The Morgan fingerprint density at radius 3 is 2.88 bits per heavy atom. The average molecular weight is 298 g/mol. The molecule has 1 aliphatic rings. The molecule has 0 bridgehead atoms. The number of pyridine rings is 1. The second-order valence-electron chi connectivity index (χ2n) is 4.50. The molecular weight excluding hydrogens is 282 g/mol. The van der Waals surface area contributed by atoms with Gasteiger partial charge in [-0.05, 0) is 34.5 Å². The van der Waals surface area contributed by atoms with Crippen LogP contribution in [0.5, 0.6) is 0 Å². The summed E-state index contributed by atoms with van der Waals surface area (Å²) in [5, 5.41) is 0. The Morgan fingerprint density at radius 1 is 1.53 bits per heavy atom. The van der Waals surface area contributed by atoms with E-state index in [1.807, 2.05) is 26.2 Å². The fourth-order valence-corrected chi connectivity index (χ4v) is 2.32. The van der Waals surface area contributed by atoms with E-state index in [0.29, 0.717) is 0 Å². The Morgan fingerprint density at radius 2 is 2.29 bits per heavy atom. The molecule has 17 heavy (non-hydrogen) atoms. The van der Waals surface area contributed by atoms with Crippen LogP contribution in [0.25, 0.3) is 0 Å². The van der Waals surface area contributed by atoms with Gasteiger partial charge in [-0.15, -0.1) is 0 Å². The van der Waals surface area contributed by atoms with Gasteiger partial charge in [0.1, 0.15) is 5.82 Å². The van der Waals surface area contributed by atoms with Crippen LogP contribution in [0.3, 0.4) is 0 Å². The summed E-state index contributed by atoms with van der Waals surface area (Å²) in [6.45, 7) is 1.67. The maximum Gasteiger partial charge on any atom is 0.227 e. The summed E-state index contributed by atoms with van der Waals surface area (Å²) in [7, 11) is 3.62. The van der Waals surface area contributed by atoms with Gasteiger partial charge in [0.25, 0.3) is 0 Å². The molecule has 2 rings (SSSR count). The molecule has 1 fully saturated rings. The van der Waals surface area contributed by atoms with Crippen molar-refractivity contribution in [3.05, 3.63) is 22.8 Å². The molecule has 0 aromatic carbocycles. The SMILES string of the molecule is CN(C)C(=O)C1CCN(c2ccc(Br)cn2)C1. The van der Waals surface area contributed by atoms with Gasteiger partial charge in [-0.2, -0.15) is 0 Å². The van der Waals surface area contributed by atoms with Crippen molar-refractivity contribution in [2.45, 2.75) is 6.42 Å². The van der Waals surface area contributed by atoms with Crippen LogP contribution < -0.4 is 4.90 Å². The predicted octanol–water partition coefficient (Wildman–Crippen LogP) is 1.76. The van der Waals surface area contributed by atoms with Crippen molar-refractivity contribution in [1.29, 1.82) is 0 Å². The number of carbonyl (C=O) groups is 1. The van der Waals surface area contributed by atoms with Crippen LogP contribution in [0.15, 0.2) is 22.8 Å². The predicted molar refractivity (Wildman–Crippen MR) is 71.0 cm³/mol. The van der Waals surface area contributed by atoms with E-state index >= 15 is 0 Å². The van der Waals surface area contributed by atoms with Gasteiger partial charge < -0.3 is 9.80 Å². The zero-order valence-corrected chi connectivity index (χ0v) is 11.6. The van der Waals surface area contributed by atoms with Gasteiger partial charge >= 0.3 is 0 Å². The van der Waals surface area contributed by atoms with Crippen LogP contribution in [0, 0.1) is 5.92 Å². The molecule has 1 atom stereocenters. The lowest BCUT2D eigenvalue weighted by Crippen LogP contribution is -2.32. The first kappa shape index (κ1) is 12.4. The van der Waals surface area contributed by atoms with Gasteiger partial charge in [-0.3, -0.25) is 4.79 Å². The number of hydrogen-bond acceptors (Lipinski definition) is 3. The van der Waals surface area contributed by atoms with Crippen LogP contribution in [0.2, 0.25) is 0 Å². The number of aromatic nitrogens is 1. The molecule has 92 valence electrons. The second-order valence-corrected chi connectivity index (χ2v) is 5.41. The average Bonchev–Trinajstić information content (AvgIpc) is 2.78. The highest BCUT2D eigenvalue weighted by atomic mass is 79.9. The summed E-state index contributed by atoms with van der Waals surface area (Å²) < 4.78 is 0.973. The number of anilines is 1. The molecule has 1 aliphatic heterocycles. The Hall–Kier alpha value is -1.10. The lowest BCUT2D eigenvalue weighted by Gasteiger charge is -2.18. The number of rotatable bonds is 2. The lowest BCUT2D eigenvalue weighted by molar-refractivity contribution is -0.132. The second kappa shape index (κ2) is 5.04. The molecule has 2 heterocycles. The van der Waals surface area contributed by atoms with E-state index in [0.717, 1.165) is 29.8 Å². The first-order valence-corrected chi connectivity index (χ1v) is 6.45. The molecule has 5 heteroatoms. The van der Waals surface area contributed by atoms with Crippen LogP contribution in [0.1, 0.15) is 6.42 Å². The van der Waals surface area contributed by atoms with Crippen molar-refractivity contribution in [3.63, 3.8) is 0 Å². The van der Waals surface area contributed by atoms with E-state index in [1.54, 1.807) is 11.1 Å². The van der Waals surface area contributed by atoms with Crippen molar-refractivity contribution in [3.8, 4) is 0 Å². The van der Waals surface area contributed by atoms with Gasteiger partial charge in [-0.1, -0.05) is 0 Å². The standard InChI is InChI=1S/C12H16BrN3O/c1-15(2)12(17)9-5-6-16(8-9)11-4-3-10(13)7-14-11/h3-4,7,9H,5-6,8H2,1-2H3. The Kier molecular flexibility index (Phi) is 3.66. The van der Waals surface area contributed by atoms with Crippen LogP contribution in [0.4, 0.5) is 5.82 Å². The summed E-state index contributed by atoms with van der Waals surface area (Å²) in [6.07, 6.45) is 2.70. The van der Waals surface area contributed by atoms with Crippen molar-refractivity contribution in [2.75, 3.05) is 32.1 Å². The van der Waals surface area contributed by atoms with Crippen molar-refractivity contribution in [2.24, 2.45) is 5.92 Å². The number of halogens is 1. The number of amides is 1. The molecule has 1 aromatic rings. The fraction of sp³-hybridized carbons (Fsp3) is 0.500. The topological polar surface area (TPSA) is 36.4 Å². The summed E-state index contributed by atoms with van der Waals surface area (Å²) in [5.74, 6) is 1.27. The first-order valence-electron chi connectivity index (χ1n) is 5.65. The maximum absolute atomic E-state index is 11.8. The molecule has 0 saturated carbocycles. The summed E-state index contributed by atoms with van der Waals surface area (Å²) in [6, 6.07) is 3.95. The third-order valence-corrected chi connectivity index (χ3v) is 3.48. The quantitative estimate of drug-likeness (QED) is 0.835. The zero-order chi connectivity index (χ0) is 12.4. The zero-order valence-electron chi connectivity index (χ0n) is 10.1. The molecular formula is C12H16BrN3O. The van der Waals surface area contributed by atoms with Crippen molar-refractivity contribution in [1.82, 2.24) is 9.88 Å². The van der Waals surface area contributed by atoms with Crippen molar-refractivity contribution < 1.29 is 4.79 Å². The van der Waals surface area contributed by atoms with Crippen molar-refractivity contribution >= 4 is 27.7 Å². The minimum Gasteiger partial charge on any atom is -0.356 e. The van der Waals surface area contributed by atoms with E-state index in [2.05, 4.69) is 25.8 Å². The highest BCUT2D eigenvalue weighted by Crippen LogP contribution is 2.23. The molecule has 0 aliphatic carbocycles. The first-order chi connectivity index (χ1) is 8.08. The Balaban J connectivity index is 2.03. The normalized spacial score (nSPS) is 19.5. The third kappa shape index (κ3) is 2.77. The van der Waals surface area contributed by atoms with Gasteiger partial charge in [0, 0.05) is 37.9 Å². The molecule has 0 N–H and O–H groups in total. The molecule has 1 saturated heterocycles. The third-order valence-electron chi connectivity index (χ3n) is 3.01. The van der Waals surface area contributed by atoms with E-state index < -0.39 is 0 Å². The van der Waals surface area contributed by atoms with Gasteiger partial charge in [0.15, 0.2) is 0 Å². The summed E-state index contributed by atoms with van der Waals surface area (Å²) in [5.41, 5.74) is 0. The monoisotopic (exact) mass is 297 g/mol. The highest BCUT2D eigenvalue weighted by Gasteiger charge is 2.29. The molecule has 1 unspecified atom stereocenters. The molecule has 0 radical (unpaired) electrons.